The summed E-state index contributed by atoms with van der Waals surface area (Å²) in [6, 6.07) is 8.75. The summed E-state index contributed by atoms with van der Waals surface area (Å²) < 4.78 is 5.18. The molecule has 2 saturated heterocycles. The summed E-state index contributed by atoms with van der Waals surface area (Å²) in [5, 5.41) is 3.15. The molecule has 29 heavy (non-hydrogen) atoms. The quantitative estimate of drug-likeness (QED) is 0.797. The van der Waals surface area contributed by atoms with Crippen molar-refractivity contribution >= 4 is 11.8 Å². The average Bonchev–Trinajstić information content (AvgIpc) is 3.58. The van der Waals surface area contributed by atoms with Gasteiger partial charge in [-0.25, -0.2) is 0 Å². The van der Waals surface area contributed by atoms with E-state index >= 15 is 0 Å². The SMILES string of the molecule is COc1ccc(CC(=O)N2CCC(N3CCC(C(=O)NC4CC4)CC3)CC2)cc1. The van der Waals surface area contributed by atoms with Crippen LogP contribution in [0.1, 0.15) is 44.1 Å². The Hall–Kier alpha value is -2.08. The third-order valence-corrected chi connectivity index (χ3v) is 6.67. The van der Waals surface area contributed by atoms with Gasteiger partial charge in [-0.3, -0.25) is 9.59 Å². The molecule has 158 valence electrons. The topological polar surface area (TPSA) is 61.9 Å². The summed E-state index contributed by atoms with van der Waals surface area (Å²) in [6.07, 6.45) is 6.77. The second-order valence-electron chi connectivity index (χ2n) is 8.73. The first-order chi connectivity index (χ1) is 14.1. The highest BCUT2D eigenvalue weighted by molar-refractivity contribution is 5.79. The van der Waals surface area contributed by atoms with Gasteiger partial charge in [-0.2, -0.15) is 0 Å². The molecule has 0 bridgehead atoms. The lowest BCUT2D eigenvalue weighted by Gasteiger charge is -2.41. The molecular weight excluding hydrogens is 366 g/mol. The molecule has 1 aromatic carbocycles. The summed E-state index contributed by atoms with van der Waals surface area (Å²) in [5.74, 6) is 1.49. The zero-order chi connectivity index (χ0) is 20.2. The number of hydrogen-bond donors (Lipinski definition) is 1. The van der Waals surface area contributed by atoms with E-state index in [1.54, 1.807) is 7.11 Å². The van der Waals surface area contributed by atoms with Crippen molar-refractivity contribution in [2.45, 2.75) is 57.0 Å². The van der Waals surface area contributed by atoms with Gasteiger partial charge >= 0.3 is 0 Å². The van der Waals surface area contributed by atoms with E-state index in [1.807, 2.05) is 29.2 Å². The molecule has 0 aromatic heterocycles. The standard InChI is InChI=1S/C23H33N3O3/c1-29-21-6-2-17(3-7-21)16-22(27)26-14-10-20(11-15-26)25-12-8-18(9-13-25)23(28)24-19-4-5-19/h2-3,6-7,18-20H,4-5,8-16H2,1H3,(H,24,28). The van der Waals surface area contributed by atoms with E-state index in [1.165, 1.54) is 0 Å². The second-order valence-corrected chi connectivity index (χ2v) is 8.73. The fourth-order valence-electron chi connectivity index (χ4n) is 4.58. The molecule has 6 nitrogen and oxygen atoms in total. The second kappa shape index (κ2) is 9.16. The fraction of sp³-hybridized carbons (Fsp3) is 0.652. The molecule has 6 heteroatoms. The van der Waals surface area contributed by atoms with Crippen LogP contribution in [-0.4, -0.2) is 67.0 Å². The van der Waals surface area contributed by atoms with Crippen molar-refractivity contribution in [3.8, 4) is 5.75 Å². The van der Waals surface area contributed by atoms with Crippen molar-refractivity contribution in [2.24, 2.45) is 5.92 Å². The van der Waals surface area contributed by atoms with Crippen LogP contribution in [0.5, 0.6) is 5.75 Å². The first-order valence-corrected chi connectivity index (χ1v) is 11.1. The number of benzene rings is 1. The van der Waals surface area contributed by atoms with Crippen LogP contribution in [0, 0.1) is 5.92 Å². The van der Waals surface area contributed by atoms with E-state index in [2.05, 4.69) is 10.2 Å². The lowest BCUT2D eigenvalue weighted by Crippen LogP contribution is -2.50. The first kappa shape index (κ1) is 20.2. The van der Waals surface area contributed by atoms with Crippen LogP contribution in [0.25, 0.3) is 0 Å². The van der Waals surface area contributed by atoms with Crippen molar-refractivity contribution in [1.82, 2.24) is 15.1 Å². The average molecular weight is 400 g/mol. The lowest BCUT2D eigenvalue weighted by atomic mass is 9.92. The van der Waals surface area contributed by atoms with Gasteiger partial charge in [0.25, 0.3) is 0 Å². The predicted molar refractivity (Wildman–Crippen MR) is 112 cm³/mol. The van der Waals surface area contributed by atoms with Gasteiger partial charge in [0, 0.05) is 31.1 Å². The zero-order valence-electron chi connectivity index (χ0n) is 17.4. The number of likely N-dealkylation sites (tertiary alicyclic amines) is 2. The van der Waals surface area contributed by atoms with Gasteiger partial charge in [-0.15, -0.1) is 0 Å². The van der Waals surface area contributed by atoms with E-state index in [0.717, 1.165) is 76.0 Å². The van der Waals surface area contributed by atoms with E-state index in [4.69, 9.17) is 4.74 Å². The van der Waals surface area contributed by atoms with Gasteiger partial charge in [0.1, 0.15) is 5.75 Å². The highest BCUT2D eigenvalue weighted by Crippen LogP contribution is 2.26. The summed E-state index contributed by atoms with van der Waals surface area (Å²) in [6.45, 7) is 3.68. The summed E-state index contributed by atoms with van der Waals surface area (Å²) >= 11 is 0. The number of ether oxygens (including phenoxy) is 1. The molecule has 0 radical (unpaired) electrons. The maximum Gasteiger partial charge on any atom is 0.226 e. The van der Waals surface area contributed by atoms with Crippen LogP contribution in [0.3, 0.4) is 0 Å². The normalized spacial score (nSPS) is 21.8. The summed E-state index contributed by atoms with van der Waals surface area (Å²) in [7, 11) is 1.65. The Morgan fingerprint density at radius 3 is 2.21 bits per heavy atom. The van der Waals surface area contributed by atoms with Crippen molar-refractivity contribution in [3.05, 3.63) is 29.8 Å². The molecule has 1 aromatic rings. The molecule has 0 atom stereocenters. The van der Waals surface area contributed by atoms with Gasteiger partial charge in [0.15, 0.2) is 0 Å². The summed E-state index contributed by atoms with van der Waals surface area (Å²) in [4.78, 5) is 29.5. The number of nitrogens with zero attached hydrogens (tertiary/aromatic N) is 2. The Labute approximate surface area is 173 Å². The van der Waals surface area contributed by atoms with Gasteiger partial charge < -0.3 is 19.9 Å². The third kappa shape index (κ3) is 5.30. The maximum atomic E-state index is 12.7. The van der Waals surface area contributed by atoms with E-state index in [0.29, 0.717) is 18.5 Å². The Kier molecular flexibility index (Phi) is 6.38. The minimum Gasteiger partial charge on any atom is -0.497 e. The van der Waals surface area contributed by atoms with E-state index in [-0.39, 0.29) is 17.7 Å². The number of methoxy groups -OCH3 is 1. The highest BCUT2D eigenvalue weighted by atomic mass is 16.5. The lowest BCUT2D eigenvalue weighted by molar-refractivity contribution is -0.132. The molecule has 0 spiro atoms. The molecule has 0 unspecified atom stereocenters. The fourth-order valence-corrected chi connectivity index (χ4v) is 4.58. The third-order valence-electron chi connectivity index (χ3n) is 6.67. The van der Waals surface area contributed by atoms with E-state index in [9.17, 15) is 9.59 Å². The van der Waals surface area contributed by atoms with Crippen LogP contribution in [0.4, 0.5) is 0 Å². The zero-order valence-corrected chi connectivity index (χ0v) is 17.4. The van der Waals surface area contributed by atoms with Crippen molar-refractivity contribution in [2.75, 3.05) is 33.3 Å². The number of carbonyl (C=O) groups excluding carboxylic acids is 2. The number of amides is 2. The van der Waals surface area contributed by atoms with Crippen LogP contribution in [-0.2, 0) is 16.0 Å². The molecule has 1 aliphatic carbocycles. The predicted octanol–water partition coefficient (Wildman–Crippen LogP) is 2.22. The van der Waals surface area contributed by atoms with Gasteiger partial charge in [0.2, 0.25) is 11.8 Å². The Morgan fingerprint density at radius 1 is 0.966 bits per heavy atom. The van der Waals surface area contributed by atoms with Gasteiger partial charge in [0.05, 0.1) is 13.5 Å². The molecule has 1 N–H and O–H groups in total. The van der Waals surface area contributed by atoms with Crippen LogP contribution in [0.15, 0.2) is 24.3 Å². The molecule has 2 amide bonds. The molecule has 3 fully saturated rings. The van der Waals surface area contributed by atoms with Crippen LogP contribution in [0.2, 0.25) is 0 Å². The Morgan fingerprint density at radius 2 is 1.62 bits per heavy atom. The number of carbonyl (C=O) groups is 2. The number of hydrogen-bond acceptors (Lipinski definition) is 4. The van der Waals surface area contributed by atoms with Crippen LogP contribution < -0.4 is 10.1 Å². The molecule has 2 aliphatic heterocycles. The van der Waals surface area contributed by atoms with E-state index < -0.39 is 0 Å². The smallest absolute Gasteiger partial charge is 0.226 e. The Bertz CT molecular complexity index is 701. The largest absolute Gasteiger partial charge is 0.497 e. The Balaban J connectivity index is 1.19. The van der Waals surface area contributed by atoms with Crippen molar-refractivity contribution < 1.29 is 14.3 Å². The highest BCUT2D eigenvalue weighted by Gasteiger charge is 2.33. The minimum atomic E-state index is 0.193. The number of rotatable bonds is 6. The van der Waals surface area contributed by atoms with Crippen LogP contribution >= 0.6 is 0 Å². The molecule has 3 aliphatic rings. The van der Waals surface area contributed by atoms with Gasteiger partial charge in [-0.1, -0.05) is 12.1 Å². The van der Waals surface area contributed by atoms with Crippen molar-refractivity contribution in [3.63, 3.8) is 0 Å². The van der Waals surface area contributed by atoms with Crippen molar-refractivity contribution in [1.29, 1.82) is 0 Å². The molecule has 4 rings (SSSR count). The first-order valence-electron chi connectivity index (χ1n) is 11.1. The maximum absolute atomic E-state index is 12.7. The summed E-state index contributed by atoms with van der Waals surface area (Å²) in [5.41, 5.74) is 1.03. The minimum absolute atomic E-state index is 0.193. The number of piperidine rings is 2. The number of nitrogens with one attached hydrogen (secondary N) is 1. The molecule has 1 saturated carbocycles. The monoisotopic (exact) mass is 399 g/mol. The molecular formula is C23H33N3O3. The van der Waals surface area contributed by atoms with Gasteiger partial charge in [-0.05, 0) is 69.3 Å². The molecule has 2 heterocycles.